The van der Waals surface area contributed by atoms with Crippen LogP contribution >= 0.6 is 0 Å². The molecule has 0 radical (unpaired) electrons. The molecule has 7 heteroatoms. The van der Waals surface area contributed by atoms with E-state index in [9.17, 15) is 34.2 Å². The number of carbonyl (C=O) groups excluding carboxylic acids is 5. The van der Waals surface area contributed by atoms with Crippen LogP contribution in [0.1, 0.15) is 76.4 Å². The molecule has 3 aliphatic carbocycles. The summed E-state index contributed by atoms with van der Waals surface area (Å²) in [6, 6.07) is 11.3. The van der Waals surface area contributed by atoms with Crippen molar-refractivity contribution >= 4 is 28.9 Å². The fourth-order valence-corrected chi connectivity index (χ4v) is 8.74. The Hall–Kier alpha value is -3.45. The molecule has 2 fully saturated rings. The third kappa shape index (κ3) is 3.99. The molecule has 2 aromatic carbocycles. The topological polar surface area (TPSA) is 126 Å². The first-order valence-electron chi connectivity index (χ1n) is 14.8. The number of aliphatic hydroxyl groups is 1. The maximum Gasteiger partial charge on any atom is 0.190 e. The number of Topliss-reactive ketones (excluding diaryl/α,β-unsaturated/α-hetero) is 5. The summed E-state index contributed by atoms with van der Waals surface area (Å²) in [6.07, 6.45) is 1.13. The third-order valence-corrected chi connectivity index (χ3v) is 10.1. The fourth-order valence-electron chi connectivity index (χ4n) is 8.74. The largest absolute Gasteiger partial charge is 0.507 e. The number of carbonyl (C=O) groups is 5. The monoisotopic (exact) mass is 572 g/mol. The van der Waals surface area contributed by atoms with Crippen LogP contribution in [-0.4, -0.2) is 44.7 Å². The van der Waals surface area contributed by atoms with Crippen molar-refractivity contribution in [1.29, 1.82) is 0 Å². The molecule has 6 atom stereocenters. The quantitative estimate of drug-likeness (QED) is 0.485. The highest BCUT2D eigenvalue weighted by molar-refractivity contribution is 6.32. The van der Waals surface area contributed by atoms with Crippen molar-refractivity contribution in [2.45, 2.75) is 73.3 Å². The van der Waals surface area contributed by atoms with E-state index in [1.54, 1.807) is 33.8 Å². The number of hydrogen-bond donors (Lipinski definition) is 2. The number of aromatic hydroxyl groups is 1. The molecule has 3 aliphatic rings. The zero-order valence-corrected chi connectivity index (χ0v) is 25.4. The molecule has 5 rings (SSSR count). The van der Waals surface area contributed by atoms with Crippen LogP contribution in [0.25, 0.3) is 11.1 Å². The van der Waals surface area contributed by atoms with Gasteiger partial charge in [0.05, 0.1) is 11.5 Å². The molecule has 0 aromatic heterocycles. The van der Waals surface area contributed by atoms with Crippen LogP contribution in [0.15, 0.2) is 36.4 Å². The van der Waals surface area contributed by atoms with Gasteiger partial charge in [0, 0.05) is 11.3 Å². The Bertz CT molecular complexity index is 1550. The Labute approximate surface area is 246 Å². The van der Waals surface area contributed by atoms with Gasteiger partial charge in [-0.2, -0.15) is 0 Å². The molecule has 7 nitrogen and oxygen atoms in total. The lowest BCUT2D eigenvalue weighted by atomic mass is 9.40. The SMILES string of the molecule is CC(=O)C1C(=O)C(C(C)C)[C@@]2(C)C[C@@]3(C)Cc4c(-c5cccc(CC(C)C)c5)ccc(O)c4C(=O)C3C(=O)[C@@]2(O)C1=O. The lowest BCUT2D eigenvalue weighted by Crippen LogP contribution is -2.76. The van der Waals surface area contributed by atoms with E-state index in [0.29, 0.717) is 11.5 Å². The van der Waals surface area contributed by atoms with E-state index in [0.717, 1.165) is 30.0 Å². The van der Waals surface area contributed by atoms with E-state index < -0.39 is 63.1 Å². The first-order chi connectivity index (χ1) is 19.5. The van der Waals surface area contributed by atoms with Gasteiger partial charge in [-0.25, -0.2) is 0 Å². The van der Waals surface area contributed by atoms with Crippen molar-refractivity contribution < 1.29 is 34.2 Å². The third-order valence-electron chi connectivity index (χ3n) is 10.1. The van der Waals surface area contributed by atoms with Crippen molar-refractivity contribution in [3.05, 3.63) is 53.1 Å². The molecule has 0 heterocycles. The van der Waals surface area contributed by atoms with Gasteiger partial charge < -0.3 is 10.2 Å². The standard InChI is InChI=1S/C35H40O7/c1-17(2)13-20-9-8-10-21(14-20)22-11-12-24(37)26-23(22)15-33(6)16-34(7)27(18(3)4)29(38)25(19(5)36)31(40)35(34,42)32(41)28(33)30(26)39/h8-12,14,17-18,25,27-28,37,42H,13,15-16H2,1-7H3/t25?,27?,28?,33-,34-,35+/m1/s1. The Morgan fingerprint density at radius 3 is 2.26 bits per heavy atom. The molecule has 2 saturated carbocycles. The summed E-state index contributed by atoms with van der Waals surface area (Å²) in [5, 5.41) is 23.1. The van der Waals surface area contributed by atoms with Gasteiger partial charge in [0.1, 0.15) is 17.5 Å². The van der Waals surface area contributed by atoms with E-state index in [-0.39, 0.29) is 30.1 Å². The van der Waals surface area contributed by atoms with Crippen LogP contribution in [0.5, 0.6) is 5.75 Å². The van der Waals surface area contributed by atoms with E-state index in [1.165, 1.54) is 6.07 Å². The average molecular weight is 573 g/mol. The van der Waals surface area contributed by atoms with Gasteiger partial charge in [-0.05, 0) is 71.8 Å². The highest BCUT2D eigenvalue weighted by Crippen LogP contribution is 2.64. The highest BCUT2D eigenvalue weighted by Gasteiger charge is 2.76. The van der Waals surface area contributed by atoms with Crippen molar-refractivity contribution in [3.8, 4) is 16.9 Å². The predicted octanol–water partition coefficient (Wildman–Crippen LogP) is 4.96. The molecule has 222 valence electrons. The van der Waals surface area contributed by atoms with Crippen LogP contribution in [-0.2, 0) is 32.0 Å². The van der Waals surface area contributed by atoms with Crippen LogP contribution in [0.4, 0.5) is 0 Å². The van der Waals surface area contributed by atoms with Gasteiger partial charge in [-0.1, -0.05) is 71.9 Å². The van der Waals surface area contributed by atoms with E-state index in [4.69, 9.17) is 0 Å². The molecule has 0 bridgehead atoms. The van der Waals surface area contributed by atoms with Gasteiger partial charge >= 0.3 is 0 Å². The smallest absolute Gasteiger partial charge is 0.190 e. The van der Waals surface area contributed by atoms with Gasteiger partial charge in [-0.3, -0.25) is 24.0 Å². The minimum atomic E-state index is -2.69. The Kier molecular flexibility index (Phi) is 7.00. The minimum Gasteiger partial charge on any atom is -0.507 e. The van der Waals surface area contributed by atoms with Crippen molar-refractivity contribution in [1.82, 2.24) is 0 Å². The number of hydrogen-bond acceptors (Lipinski definition) is 7. The van der Waals surface area contributed by atoms with Crippen molar-refractivity contribution in [2.24, 2.45) is 40.4 Å². The Morgan fingerprint density at radius 1 is 1.00 bits per heavy atom. The van der Waals surface area contributed by atoms with Crippen LogP contribution in [0.3, 0.4) is 0 Å². The van der Waals surface area contributed by atoms with Crippen LogP contribution < -0.4 is 0 Å². The number of phenolic OH excluding ortho intramolecular Hbond substituents is 1. The summed E-state index contributed by atoms with van der Waals surface area (Å²) in [5.74, 6) is -8.40. The van der Waals surface area contributed by atoms with E-state index >= 15 is 0 Å². The molecule has 0 spiro atoms. The van der Waals surface area contributed by atoms with Crippen molar-refractivity contribution in [3.63, 3.8) is 0 Å². The summed E-state index contributed by atoms with van der Waals surface area (Å²) in [7, 11) is 0. The summed E-state index contributed by atoms with van der Waals surface area (Å²) in [6.45, 7) is 12.3. The molecular weight excluding hydrogens is 532 g/mol. The lowest BCUT2D eigenvalue weighted by Gasteiger charge is -2.61. The molecule has 0 amide bonds. The molecule has 0 saturated heterocycles. The van der Waals surface area contributed by atoms with Gasteiger partial charge in [0.2, 0.25) is 0 Å². The predicted molar refractivity (Wildman–Crippen MR) is 157 cm³/mol. The summed E-state index contributed by atoms with van der Waals surface area (Å²) in [5.41, 5.74) is -1.86. The van der Waals surface area contributed by atoms with Crippen molar-refractivity contribution in [2.75, 3.05) is 0 Å². The highest BCUT2D eigenvalue weighted by atomic mass is 16.3. The first-order valence-corrected chi connectivity index (χ1v) is 14.8. The number of benzene rings is 2. The Balaban J connectivity index is 1.71. The molecule has 3 unspecified atom stereocenters. The maximum absolute atomic E-state index is 14.4. The summed E-state index contributed by atoms with van der Waals surface area (Å²) in [4.78, 5) is 68.7. The average Bonchev–Trinajstić information content (AvgIpc) is 2.85. The molecule has 2 aromatic rings. The van der Waals surface area contributed by atoms with Crippen LogP contribution in [0.2, 0.25) is 0 Å². The number of phenols is 1. The van der Waals surface area contributed by atoms with Gasteiger partial charge in [-0.15, -0.1) is 0 Å². The zero-order valence-electron chi connectivity index (χ0n) is 25.4. The number of ketones is 5. The summed E-state index contributed by atoms with van der Waals surface area (Å²) >= 11 is 0. The van der Waals surface area contributed by atoms with E-state index in [1.807, 2.05) is 12.1 Å². The second-order valence-electron chi connectivity index (χ2n) is 14.1. The Morgan fingerprint density at radius 2 is 1.67 bits per heavy atom. The van der Waals surface area contributed by atoms with Gasteiger partial charge in [0.25, 0.3) is 0 Å². The maximum atomic E-state index is 14.4. The molecule has 42 heavy (non-hydrogen) atoms. The van der Waals surface area contributed by atoms with Crippen LogP contribution in [0, 0.1) is 40.4 Å². The fraction of sp³-hybridized carbons (Fsp3) is 0.514. The van der Waals surface area contributed by atoms with E-state index in [2.05, 4.69) is 26.0 Å². The molecule has 2 N–H and O–H groups in total. The first kappa shape index (κ1) is 30.0. The number of fused-ring (bicyclic) bond motifs is 3. The molecule has 0 aliphatic heterocycles. The minimum absolute atomic E-state index is 0.0210. The normalized spacial score (nSPS) is 32.6. The van der Waals surface area contributed by atoms with Gasteiger partial charge in [0.15, 0.2) is 28.7 Å². The molecular formula is C35H40O7. The lowest BCUT2D eigenvalue weighted by molar-refractivity contribution is -0.205. The second kappa shape index (κ2) is 9.80. The second-order valence-corrected chi connectivity index (χ2v) is 14.1. The summed E-state index contributed by atoms with van der Waals surface area (Å²) < 4.78 is 0. The number of rotatable bonds is 5. The zero-order chi connectivity index (χ0) is 31.1.